The molecule has 5 heteroatoms. The third-order valence-electron chi connectivity index (χ3n) is 2.55. The van der Waals surface area contributed by atoms with E-state index in [2.05, 4.69) is 10.3 Å². The van der Waals surface area contributed by atoms with Crippen molar-refractivity contribution >= 4 is 11.8 Å². The highest BCUT2D eigenvalue weighted by Gasteiger charge is 2.10. The zero-order chi connectivity index (χ0) is 13.7. The third-order valence-corrected chi connectivity index (χ3v) is 2.55. The molecule has 0 saturated heterocycles. The summed E-state index contributed by atoms with van der Waals surface area (Å²) >= 11 is 0. The molecule has 5 nitrogen and oxygen atoms in total. The fraction of sp³-hybridized carbons (Fsp3) is 0.538. The Labute approximate surface area is 107 Å². The first-order valence-electron chi connectivity index (χ1n) is 6.07. The number of hydrogen-bond acceptors (Lipinski definition) is 4. The molecule has 0 radical (unpaired) electrons. The molecule has 0 fully saturated rings. The molecule has 0 bridgehead atoms. The second-order valence-electron chi connectivity index (χ2n) is 4.69. The van der Waals surface area contributed by atoms with Crippen LogP contribution in [-0.4, -0.2) is 33.8 Å². The van der Waals surface area contributed by atoms with Crippen LogP contribution < -0.4 is 5.32 Å². The van der Waals surface area contributed by atoms with Gasteiger partial charge in [0.05, 0.1) is 11.7 Å². The van der Waals surface area contributed by atoms with E-state index < -0.39 is 5.97 Å². The average molecular weight is 252 g/mol. The number of aliphatic hydroxyl groups is 1. The lowest BCUT2D eigenvalue weighted by Crippen LogP contribution is -2.12. The van der Waals surface area contributed by atoms with E-state index in [-0.39, 0.29) is 17.6 Å². The fourth-order valence-corrected chi connectivity index (χ4v) is 1.47. The number of aromatic carboxylic acids is 1. The lowest BCUT2D eigenvalue weighted by molar-refractivity contribution is 0.0696. The third kappa shape index (κ3) is 4.33. The van der Waals surface area contributed by atoms with Gasteiger partial charge in [0.15, 0.2) is 0 Å². The fourth-order valence-electron chi connectivity index (χ4n) is 1.47. The lowest BCUT2D eigenvalue weighted by Gasteiger charge is -2.11. The maximum atomic E-state index is 11.0. The quantitative estimate of drug-likeness (QED) is 0.722. The van der Waals surface area contributed by atoms with Gasteiger partial charge in [-0.15, -0.1) is 0 Å². The predicted molar refractivity (Wildman–Crippen MR) is 70.1 cm³/mol. The van der Waals surface area contributed by atoms with Crippen molar-refractivity contribution in [3.8, 4) is 0 Å². The second-order valence-corrected chi connectivity index (χ2v) is 4.69. The molecule has 0 aliphatic carbocycles. The molecule has 0 aromatic carbocycles. The van der Waals surface area contributed by atoms with Gasteiger partial charge in [0, 0.05) is 12.2 Å². The molecule has 0 spiro atoms. The molecule has 3 N–H and O–H groups in total. The van der Waals surface area contributed by atoms with Gasteiger partial charge in [-0.25, -0.2) is 9.78 Å². The number of carboxylic acid groups (broad SMARTS) is 1. The minimum Gasteiger partial charge on any atom is -0.478 e. The maximum Gasteiger partial charge on any atom is 0.335 e. The van der Waals surface area contributed by atoms with Crippen LogP contribution in [0.1, 0.15) is 49.2 Å². The standard InChI is InChI=1S/C13H20N2O3/c1-8(2)11-6-10(13(17)18)7-12(15-11)14-5-4-9(3)16/h6-9,16H,4-5H2,1-3H3,(H,14,15)(H,17,18). The smallest absolute Gasteiger partial charge is 0.335 e. The summed E-state index contributed by atoms with van der Waals surface area (Å²) in [6.45, 7) is 6.20. The van der Waals surface area contributed by atoms with E-state index in [4.69, 9.17) is 10.2 Å². The molecule has 1 aromatic heterocycles. The van der Waals surface area contributed by atoms with E-state index in [1.807, 2.05) is 13.8 Å². The molecule has 0 aliphatic rings. The Bertz CT molecular complexity index is 417. The highest BCUT2D eigenvalue weighted by atomic mass is 16.4. The summed E-state index contributed by atoms with van der Waals surface area (Å²) in [5.74, 6) is -0.251. The first-order chi connectivity index (χ1) is 8.40. The topological polar surface area (TPSA) is 82.5 Å². The average Bonchev–Trinajstić information content (AvgIpc) is 2.28. The second kappa shape index (κ2) is 6.35. The monoisotopic (exact) mass is 252 g/mol. The van der Waals surface area contributed by atoms with Crippen molar-refractivity contribution in [1.82, 2.24) is 4.98 Å². The van der Waals surface area contributed by atoms with Gasteiger partial charge >= 0.3 is 5.97 Å². The summed E-state index contributed by atoms with van der Waals surface area (Å²) in [5, 5.41) is 21.2. The Morgan fingerprint density at radius 3 is 2.56 bits per heavy atom. The van der Waals surface area contributed by atoms with Crippen LogP contribution in [0, 0.1) is 0 Å². The molecule has 18 heavy (non-hydrogen) atoms. The molecule has 100 valence electrons. The first-order valence-corrected chi connectivity index (χ1v) is 6.07. The van der Waals surface area contributed by atoms with Gasteiger partial charge < -0.3 is 15.5 Å². The van der Waals surface area contributed by atoms with E-state index in [0.29, 0.717) is 18.8 Å². The molecule has 0 aliphatic heterocycles. The number of aromatic nitrogens is 1. The van der Waals surface area contributed by atoms with Crippen LogP contribution in [0.4, 0.5) is 5.82 Å². The number of carbonyl (C=O) groups is 1. The minimum atomic E-state index is -0.960. The van der Waals surface area contributed by atoms with Crippen molar-refractivity contribution in [2.45, 2.75) is 39.2 Å². The SMILES string of the molecule is CC(O)CCNc1cc(C(=O)O)cc(C(C)C)n1. The van der Waals surface area contributed by atoms with E-state index in [0.717, 1.165) is 5.69 Å². The Balaban J connectivity index is 2.86. The summed E-state index contributed by atoms with van der Waals surface area (Å²) in [7, 11) is 0. The van der Waals surface area contributed by atoms with Gasteiger partial charge in [0.25, 0.3) is 0 Å². The van der Waals surface area contributed by atoms with Crippen molar-refractivity contribution in [2.75, 3.05) is 11.9 Å². The van der Waals surface area contributed by atoms with Crippen LogP contribution in [0.15, 0.2) is 12.1 Å². The molecular weight excluding hydrogens is 232 g/mol. The van der Waals surface area contributed by atoms with Crippen LogP contribution in [0.5, 0.6) is 0 Å². The van der Waals surface area contributed by atoms with Gasteiger partial charge in [-0.3, -0.25) is 0 Å². The number of carboxylic acids is 1. The largest absolute Gasteiger partial charge is 0.478 e. The Morgan fingerprint density at radius 1 is 1.39 bits per heavy atom. The Hall–Kier alpha value is -1.62. The molecular formula is C13H20N2O3. The van der Waals surface area contributed by atoms with Crippen molar-refractivity contribution < 1.29 is 15.0 Å². The number of nitrogens with one attached hydrogen (secondary N) is 1. The summed E-state index contributed by atoms with van der Waals surface area (Å²) < 4.78 is 0. The van der Waals surface area contributed by atoms with Crippen LogP contribution in [0.25, 0.3) is 0 Å². The Kier molecular flexibility index (Phi) is 5.09. The molecule has 1 rings (SSSR count). The van der Waals surface area contributed by atoms with E-state index >= 15 is 0 Å². The van der Waals surface area contributed by atoms with Crippen molar-refractivity contribution in [1.29, 1.82) is 0 Å². The summed E-state index contributed by atoms with van der Waals surface area (Å²) in [5.41, 5.74) is 0.975. The number of aliphatic hydroxyl groups excluding tert-OH is 1. The molecule has 1 atom stereocenters. The molecule has 1 heterocycles. The number of nitrogens with zero attached hydrogens (tertiary/aromatic N) is 1. The van der Waals surface area contributed by atoms with E-state index in [1.165, 1.54) is 6.07 Å². The van der Waals surface area contributed by atoms with Crippen LogP contribution in [0.3, 0.4) is 0 Å². The Morgan fingerprint density at radius 2 is 2.06 bits per heavy atom. The van der Waals surface area contributed by atoms with Gasteiger partial charge in [-0.1, -0.05) is 13.8 Å². The van der Waals surface area contributed by atoms with Gasteiger partial charge in [0.2, 0.25) is 0 Å². The first kappa shape index (κ1) is 14.4. The zero-order valence-corrected chi connectivity index (χ0v) is 11.0. The number of hydrogen-bond donors (Lipinski definition) is 3. The summed E-state index contributed by atoms with van der Waals surface area (Å²) in [4.78, 5) is 15.4. The van der Waals surface area contributed by atoms with Gasteiger partial charge in [0.1, 0.15) is 5.82 Å². The maximum absolute atomic E-state index is 11.0. The molecule has 1 unspecified atom stereocenters. The van der Waals surface area contributed by atoms with Crippen LogP contribution >= 0.6 is 0 Å². The predicted octanol–water partition coefficient (Wildman–Crippen LogP) is 2.09. The number of anilines is 1. The summed E-state index contributed by atoms with van der Waals surface area (Å²) in [6.07, 6.45) is 0.209. The van der Waals surface area contributed by atoms with E-state index in [9.17, 15) is 4.79 Å². The summed E-state index contributed by atoms with van der Waals surface area (Å²) in [6, 6.07) is 3.10. The number of rotatable bonds is 6. The molecule has 0 saturated carbocycles. The van der Waals surface area contributed by atoms with Crippen LogP contribution in [0.2, 0.25) is 0 Å². The van der Waals surface area contributed by atoms with Gasteiger partial charge in [-0.05, 0) is 31.4 Å². The lowest BCUT2D eigenvalue weighted by atomic mass is 10.1. The van der Waals surface area contributed by atoms with Crippen molar-refractivity contribution in [2.24, 2.45) is 0 Å². The number of pyridine rings is 1. The highest BCUT2D eigenvalue weighted by molar-refractivity contribution is 5.88. The van der Waals surface area contributed by atoms with Crippen LogP contribution in [-0.2, 0) is 0 Å². The van der Waals surface area contributed by atoms with Crippen molar-refractivity contribution in [3.05, 3.63) is 23.4 Å². The van der Waals surface area contributed by atoms with Gasteiger partial charge in [-0.2, -0.15) is 0 Å². The van der Waals surface area contributed by atoms with E-state index in [1.54, 1.807) is 13.0 Å². The zero-order valence-electron chi connectivity index (χ0n) is 11.0. The molecule has 1 aromatic rings. The highest BCUT2D eigenvalue weighted by Crippen LogP contribution is 2.17. The molecule has 0 amide bonds. The minimum absolute atomic E-state index is 0.168. The normalized spacial score (nSPS) is 12.5. The van der Waals surface area contributed by atoms with Crippen molar-refractivity contribution in [3.63, 3.8) is 0 Å².